The largest absolute Gasteiger partial charge is 0.495 e. The molecule has 1 aromatic carbocycles. The minimum atomic E-state index is 0.0789. The molecule has 2 N–H and O–H groups in total. The summed E-state index contributed by atoms with van der Waals surface area (Å²) in [7, 11) is 1.62. The van der Waals surface area contributed by atoms with Gasteiger partial charge in [-0.05, 0) is 38.8 Å². The third-order valence-electron chi connectivity index (χ3n) is 7.04. The van der Waals surface area contributed by atoms with Crippen LogP contribution in [0.15, 0.2) is 30.5 Å². The van der Waals surface area contributed by atoms with Gasteiger partial charge < -0.3 is 20.1 Å². The molecule has 2 aliphatic heterocycles. The number of benzene rings is 1. The second-order valence-corrected chi connectivity index (χ2v) is 9.09. The van der Waals surface area contributed by atoms with E-state index in [1.54, 1.807) is 7.11 Å². The number of hydrogen-bond acceptors (Lipinski definition) is 6. The number of aromatic nitrogens is 3. The molecule has 5 rings (SSSR count). The highest BCUT2D eigenvalue weighted by Gasteiger charge is 2.47. The lowest BCUT2D eigenvalue weighted by atomic mass is 9.73. The molecule has 0 amide bonds. The maximum atomic E-state index is 6.64. The molecule has 31 heavy (non-hydrogen) atoms. The van der Waals surface area contributed by atoms with Crippen molar-refractivity contribution in [3.8, 4) is 17.0 Å². The maximum absolute atomic E-state index is 6.64. The number of nitrogens with two attached hydrogens (primary N) is 1. The lowest BCUT2D eigenvalue weighted by Crippen LogP contribution is -2.50. The van der Waals surface area contributed by atoms with E-state index < -0.39 is 0 Å². The van der Waals surface area contributed by atoms with Crippen molar-refractivity contribution in [2.75, 3.05) is 31.7 Å². The lowest BCUT2D eigenvalue weighted by Gasteiger charge is -2.41. The summed E-state index contributed by atoms with van der Waals surface area (Å²) >= 11 is 6.64. The SMILES string of the molecule is COc1cccc(-c2c(C)nc(N3CCC4(CC3)CO[C@@H](C)C4N)c3ccnn23)c1Cl. The van der Waals surface area contributed by atoms with Gasteiger partial charge in [-0.2, -0.15) is 5.10 Å². The minimum absolute atomic E-state index is 0.0789. The van der Waals surface area contributed by atoms with E-state index in [-0.39, 0.29) is 17.6 Å². The molecule has 0 radical (unpaired) electrons. The Hall–Kier alpha value is -2.35. The Bertz CT molecular complexity index is 1120. The van der Waals surface area contributed by atoms with Gasteiger partial charge in [0.05, 0.1) is 42.4 Å². The highest BCUT2D eigenvalue weighted by molar-refractivity contribution is 6.34. The predicted molar refractivity (Wildman–Crippen MR) is 122 cm³/mol. The van der Waals surface area contributed by atoms with Crippen LogP contribution in [0.3, 0.4) is 0 Å². The molecule has 0 saturated carbocycles. The number of methoxy groups -OCH3 is 1. The molecule has 2 aromatic heterocycles. The van der Waals surface area contributed by atoms with Crippen molar-refractivity contribution < 1.29 is 9.47 Å². The normalized spacial score (nSPS) is 23.1. The third-order valence-corrected chi connectivity index (χ3v) is 7.43. The number of aryl methyl sites for hydroxylation is 1. The van der Waals surface area contributed by atoms with E-state index in [0.717, 1.165) is 60.8 Å². The number of anilines is 1. The Morgan fingerprint density at radius 2 is 2.03 bits per heavy atom. The van der Waals surface area contributed by atoms with Crippen LogP contribution in [0.4, 0.5) is 5.82 Å². The van der Waals surface area contributed by atoms with Gasteiger partial charge in [0, 0.05) is 30.1 Å². The first-order valence-corrected chi connectivity index (χ1v) is 11.1. The molecule has 2 atom stereocenters. The van der Waals surface area contributed by atoms with E-state index in [1.807, 2.05) is 41.9 Å². The van der Waals surface area contributed by atoms with Crippen molar-refractivity contribution in [2.45, 2.75) is 38.8 Å². The molecule has 164 valence electrons. The Morgan fingerprint density at radius 3 is 2.71 bits per heavy atom. The van der Waals surface area contributed by atoms with E-state index in [1.165, 1.54) is 0 Å². The van der Waals surface area contributed by atoms with E-state index >= 15 is 0 Å². The van der Waals surface area contributed by atoms with Crippen LogP contribution in [-0.4, -0.2) is 53.6 Å². The maximum Gasteiger partial charge on any atom is 0.155 e. The van der Waals surface area contributed by atoms with Crippen molar-refractivity contribution in [3.63, 3.8) is 0 Å². The number of fused-ring (bicyclic) bond motifs is 1. The zero-order valence-electron chi connectivity index (χ0n) is 18.1. The van der Waals surface area contributed by atoms with Gasteiger partial charge in [0.25, 0.3) is 0 Å². The summed E-state index contributed by atoms with van der Waals surface area (Å²) < 4.78 is 13.2. The molecule has 1 unspecified atom stereocenters. The fraction of sp³-hybridized carbons (Fsp3) is 0.478. The summed E-state index contributed by atoms with van der Waals surface area (Å²) in [5.41, 5.74) is 10.1. The third kappa shape index (κ3) is 3.18. The molecule has 1 spiro atoms. The summed E-state index contributed by atoms with van der Waals surface area (Å²) in [4.78, 5) is 7.37. The van der Waals surface area contributed by atoms with Gasteiger partial charge >= 0.3 is 0 Å². The number of ether oxygens (including phenoxy) is 2. The molecule has 0 aliphatic carbocycles. The van der Waals surface area contributed by atoms with E-state index in [4.69, 9.17) is 31.8 Å². The van der Waals surface area contributed by atoms with E-state index in [9.17, 15) is 0 Å². The summed E-state index contributed by atoms with van der Waals surface area (Å²) in [6, 6.07) is 7.86. The molecule has 2 fully saturated rings. The van der Waals surface area contributed by atoms with E-state index in [0.29, 0.717) is 10.8 Å². The second-order valence-electron chi connectivity index (χ2n) is 8.71. The number of nitrogens with zero attached hydrogens (tertiary/aromatic N) is 4. The van der Waals surface area contributed by atoms with Crippen molar-refractivity contribution in [1.82, 2.24) is 14.6 Å². The number of rotatable bonds is 3. The lowest BCUT2D eigenvalue weighted by molar-refractivity contribution is 0.0974. The molecule has 4 heterocycles. The van der Waals surface area contributed by atoms with Gasteiger partial charge in [-0.25, -0.2) is 9.50 Å². The molecular formula is C23H28ClN5O2. The Balaban J connectivity index is 1.52. The highest BCUT2D eigenvalue weighted by atomic mass is 35.5. The number of hydrogen-bond donors (Lipinski definition) is 1. The summed E-state index contributed by atoms with van der Waals surface area (Å²) in [5.74, 6) is 1.58. The first-order valence-electron chi connectivity index (χ1n) is 10.7. The minimum Gasteiger partial charge on any atom is -0.495 e. The quantitative estimate of drug-likeness (QED) is 0.667. The summed E-state index contributed by atoms with van der Waals surface area (Å²) in [6.45, 7) is 6.64. The number of halogens is 1. The van der Waals surface area contributed by atoms with Gasteiger partial charge in [0.15, 0.2) is 5.82 Å². The Morgan fingerprint density at radius 1 is 1.26 bits per heavy atom. The monoisotopic (exact) mass is 441 g/mol. The molecule has 3 aromatic rings. The predicted octanol–water partition coefficient (Wildman–Crippen LogP) is 3.70. The van der Waals surface area contributed by atoms with Crippen LogP contribution in [0.5, 0.6) is 5.75 Å². The van der Waals surface area contributed by atoms with Crippen molar-refractivity contribution in [1.29, 1.82) is 0 Å². The van der Waals surface area contributed by atoms with Gasteiger partial charge in [-0.3, -0.25) is 0 Å². The van der Waals surface area contributed by atoms with Crippen LogP contribution in [0.2, 0.25) is 5.02 Å². The molecule has 7 nitrogen and oxygen atoms in total. The zero-order valence-corrected chi connectivity index (χ0v) is 18.9. The fourth-order valence-corrected chi connectivity index (χ4v) is 5.40. The van der Waals surface area contributed by atoms with Crippen molar-refractivity contribution in [3.05, 3.63) is 41.2 Å². The molecule has 0 bridgehead atoms. The highest BCUT2D eigenvalue weighted by Crippen LogP contribution is 2.43. The van der Waals surface area contributed by atoms with Crippen LogP contribution in [0, 0.1) is 12.3 Å². The molecule has 2 aliphatic rings. The molecule has 2 saturated heterocycles. The van der Waals surface area contributed by atoms with Crippen LogP contribution in [-0.2, 0) is 4.74 Å². The molecule has 8 heteroatoms. The Labute approximate surface area is 187 Å². The Kier molecular flexibility index (Phi) is 5.07. The van der Waals surface area contributed by atoms with Gasteiger partial charge in [-0.15, -0.1) is 0 Å². The van der Waals surface area contributed by atoms with Crippen LogP contribution >= 0.6 is 11.6 Å². The zero-order chi connectivity index (χ0) is 21.8. The van der Waals surface area contributed by atoms with Gasteiger partial charge in [-0.1, -0.05) is 23.7 Å². The average molecular weight is 442 g/mol. The van der Waals surface area contributed by atoms with Gasteiger partial charge in [0.1, 0.15) is 11.3 Å². The summed E-state index contributed by atoms with van der Waals surface area (Å²) in [5, 5.41) is 5.17. The first kappa shape index (κ1) is 20.5. The standard InChI is InChI=1S/C23H28ClN5O2/c1-14-20(16-5-4-6-18(30-3)19(16)24)29-17(7-10-26-29)22(27-14)28-11-8-23(9-12-28)13-31-15(2)21(23)25/h4-7,10,15,21H,8-9,11-13,25H2,1-3H3/t15-,21?/m0/s1. The molecular weight excluding hydrogens is 414 g/mol. The van der Waals surface area contributed by atoms with Crippen molar-refractivity contribution >= 4 is 22.9 Å². The van der Waals surface area contributed by atoms with Crippen molar-refractivity contribution in [2.24, 2.45) is 11.1 Å². The van der Waals surface area contributed by atoms with E-state index in [2.05, 4.69) is 16.9 Å². The first-order chi connectivity index (χ1) is 14.9. The van der Waals surface area contributed by atoms with Crippen LogP contribution in [0.1, 0.15) is 25.5 Å². The summed E-state index contributed by atoms with van der Waals surface area (Å²) in [6.07, 6.45) is 3.94. The smallest absolute Gasteiger partial charge is 0.155 e. The second kappa shape index (κ2) is 7.65. The van der Waals surface area contributed by atoms with Crippen LogP contribution in [0.25, 0.3) is 16.8 Å². The average Bonchev–Trinajstić information content (AvgIpc) is 3.36. The number of piperidine rings is 1. The van der Waals surface area contributed by atoms with Crippen LogP contribution < -0.4 is 15.4 Å². The van der Waals surface area contributed by atoms with Gasteiger partial charge in [0.2, 0.25) is 0 Å². The fourth-order valence-electron chi connectivity index (χ4n) is 5.10. The topological polar surface area (TPSA) is 77.9 Å².